The zero-order valence-electron chi connectivity index (χ0n) is 15.6. The summed E-state index contributed by atoms with van der Waals surface area (Å²) < 4.78 is 43.8. The molecule has 0 saturated heterocycles. The second-order valence-electron chi connectivity index (χ2n) is 6.35. The molecule has 2 amide bonds. The topological polar surface area (TPSA) is 50.4 Å². The maximum Gasteiger partial charge on any atom is 0.416 e. The van der Waals surface area contributed by atoms with Gasteiger partial charge in [0.1, 0.15) is 5.75 Å². The standard InChI is InChI=1S/C22H19F3N2O2/c1-29-20-12-9-17(22(23,24)25)14-19(20)27-21(28)26-18-10-7-16(8-11-18)13-15-5-3-2-4-6-15/h2-12,14H,13H2,1H3,(H2,26,27,28). The Labute approximate surface area is 166 Å². The Morgan fingerprint density at radius 3 is 2.17 bits per heavy atom. The van der Waals surface area contributed by atoms with Crippen molar-refractivity contribution in [2.24, 2.45) is 0 Å². The average molecular weight is 400 g/mol. The quantitative estimate of drug-likeness (QED) is 0.556. The van der Waals surface area contributed by atoms with E-state index in [-0.39, 0.29) is 11.4 Å². The van der Waals surface area contributed by atoms with Gasteiger partial charge in [-0.05, 0) is 47.9 Å². The molecule has 0 radical (unpaired) electrons. The number of methoxy groups -OCH3 is 1. The number of rotatable bonds is 5. The van der Waals surface area contributed by atoms with Crippen molar-refractivity contribution >= 4 is 17.4 Å². The molecule has 3 aromatic carbocycles. The van der Waals surface area contributed by atoms with Gasteiger partial charge in [0, 0.05) is 5.69 Å². The fraction of sp³-hybridized carbons (Fsp3) is 0.136. The highest BCUT2D eigenvalue weighted by molar-refractivity contribution is 6.00. The van der Waals surface area contributed by atoms with Crippen LogP contribution < -0.4 is 15.4 Å². The summed E-state index contributed by atoms with van der Waals surface area (Å²) in [5.74, 6) is 0.131. The molecule has 3 aromatic rings. The molecule has 29 heavy (non-hydrogen) atoms. The van der Waals surface area contributed by atoms with E-state index in [0.717, 1.165) is 30.2 Å². The van der Waals surface area contributed by atoms with Crippen LogP contribution in [0.15, 0.2) is 72.8 Å². The first-order valence-corrected chi connectivity index (χ1v) is 8.81. The summed E-state index contributed by atoms with van der Waals surface area (Å²) >= 11 is 0. The van der Waals surface area contributed by atoms with Gasteiger partial charge in [0.15, 0.2) is 0 Å². The number of halogens is 3. The highest BCUT2D eigenvalue weighted by Gasteiger charge is 2.31. The maximum atomic E-state index is 12.9. The third-order valence-electron chi connectivity index (χ3n) is 4.24. The molecule has 0 aliphatic rings. The summed E-state index contributed by atoms with van der Waals surface area (Å²) in [6, 6.07) is 19.4. The molecule has 0 saturated carbocycles. The van der Waals surface area contributed by atoms with E-state index in [4.69, 9.17) is 4.74 Å². The van der Waals surface area contributed by atoms with Crippen molar-refractivity contribution < 1.29 is 22.7 Å². The number of amides is 2. The zero-order valence-corrected chi connectivity index (χ0v) is 15.6. The molecular weight excluding hydrogens is 381 g/mol. The fourth-order valence-electron chi connectivity index (χ4n) is 2.80. The molecule has 0 aliphatic carbocycles. The maximum absolute atomic E-state index is 12.9. The van der Waals surface area contributed by atoms with Crippen molar-refractivity contribution in [2.45, 2.75) is 12.6 Å². The van der Waals surface area contributed by atoms with Crippen molar-refractivity contribution in [3.05, 3.63) is 89.5 Å². The van der Waals surface area contributed by atoms with E-state index in [1.54, 1.807) is 12.1 Å². The van der Waals surface area contributed by atoms with E-state index >= 15 is 0 Å². The Morgan fingerprint density at radius 2 is 1.55 bits per heavy atom. The van der Waals surface area contributed by atoms with Crippen LogP contribution in [0.3, 0.4) is 0 Å². The lowest BCUT2D eigenvalue weighted by Gasteiger charge is -2.14. The molecule has 3 rings (SSSR count). The molecule has 4 nitrogen and oxygen atoms in total. The van der Waals surface area contributed by atoms with Crippen LogP contribution >= 0.6 is 0 Å². The minimum absolute atomic E-state index is 0.0690. The van der Waals surface area contributed by atoms with Gasteiger partial charge in [-0.3, -0.25) is 0 Å². The smallest absolute Gasteiger partial charge is 0.416 e. The molecule has 0 fully saturated rings. The first-order valence-electron chi connectivity index (χ1n) is 8.81. The van der Waals surface area contributed by atoms with Crippen LogP contribution in [0.5, 0.6) is 5.75 Å². The number of hydrogen-bond donors (Lipinski definition) is 2. The molecule has 0 bridgehead atoms. The number of ether oxygens (including phenoxy) is 1. The summed E-state index contributed by atoms with van der Waals surface area (Å²) in [5, 5.41) is 5.01. The van der Waals surface area contributed by atoms with Gasteiger partial charge in [0.05, 0.1) is 18.4 Å². The zero-order chi connectivity index (χ0) is 20.9. The van der Waals surface area contributed by atoms with Gasteiger partial charge < -0.3 is 15.4 Å². The minimum atomic E-state index is -4.52. The number of nitrogens with one attached hydrogen (secondary N) is 2. The number of urea groups is 1. The number of alkyl halides is 3. The highest BCUT2D eigenvalue weighted by Crippen LogP contribution is 2.35. The number of carbonyl (C=O) groups excluding carboxylic acids is 1. The first kappa shape index (κ1) is 20.3. The lowest BCUT2D eigenvalue weighted by Crippen LogP contribution is -2.20. The Morgan fingerprint density at radius 1 is 0.897 bits per heavy atom. The van der Waals surface area contributed by atoms with Crippen molar-refractivity contribution in [3.63, 3.8) is 0 Å². The molecule has 2 N–H and O–H groups in total. The van der Waals surface area contributed by atoms with E-state index in [9.17, 15) is 18.0 Å². The SMILES string of the molecule is COc1ccc(C(F)(F)F)cc1NC(=O)Nc1ccc(Cc2ccccc2)cc1. The lowest BCUT2D eigenvalue weighted by molar-refractivity contribution is -0.137. The largest absolute Gasteiger partial charge is 0.495 e. The average Bonchev–Trinajstić information content (AvgIpc) is 2.69. The van der Waals surface area contributed by atoms with E-state index in [0.29, 0.717) is 5.69 Å². The summed E-state index contributed by atoms with van der Waals surface area (Å²) in [6.07, 6.45) is -3.76. The van der Waals surface area contributed by atoms with E-state index in [2.05, 4.69) is 10.6 Å². The van der Waals surface area contributed by atoms with Gasteiger partial charge >= 0.3 is 12.2 Å². The fourth-order valence-corrected chi connectivity index (χ4v) is 2.80. The molecule has 7 heteroatoms. The monoisotopic (exact) mass is 400 g/mol. The number of anilines is 2. The van der Waals surface area contributed by atoms with Gasteiger partial charge in [0.2, 0.25) is 0 Å². The Balaban J connectivity index is 1.66. The summed E-state index contributed by atoms with van der Waals surface area (Å²) in [6.45, 7) is 0. The number of benzene rings is 3. The van der Waals surface area contributed by atoms with Gasteiger partial charge in [-0.15, -0.1) is 0 Å². The summed E-state index contributed by atoms with van der Waals surface area (Å²) in [5.41, 5.74) is 1.81. The molecule has 0 aromatic heterocycles. The second kappa shape index (κ2) is 8.68. The molecule has 0 spiro atoms. The third kappa shape index (κ3) is 5.51. The van der Waals surface area contributed by atoms with Crippen molar-refractivity contribution in [3.8, 4) is 5.75 Å². The number of hydrogen-bond acceptors (Lipinski definition) is 2. The van der Waals surface area contributed by atoms with E-state index in [1.807, 2.05) is 42.5 Å². The van der Waals surface area contributed by atoms with Crippen LogP contribution in [0.2, 0.25) is 0 Å². The minimum Gasteiger partial charge on any atom is -0.495 e. The Bertz CT molecular complexity index is 972. The van der Waals surface area contributed by atoms with Crippen molar-refractivity contribution in [1.29, 1.82) is 0 Å². The third-order valence-corrected chi connectivity index (χ3v) is 4.24. The first-order chi connectivity index (χ1) is 13.8. The van der Waals surface area contributed by atoms with Crippen LogP contribution in [0.1, 0.15) is 16.7 Å². The Kier molecular flexibility index (Phi) is 6.07. The highest BCUT2D eigenvalue weighted by atomic mass is 19.4. The second-order valence-corrected chi connectivity index (χ2v) is 6.35. The van der Waals surface area contributed by atoms with Gasteiger partial charge in [-0.2, -0.15) is 13.2 Å². The molecule has 0 heterocycles. The predicted octanol–water partition coefficient (Wildman–Crippen LogP) is 5.95. The normalized spacial score (nSPS) is 11.0. The van der Waals surface area contributed by atoms with Crippen LogP contribution in [0.25, 0.3) is 0 Å². The van der Waals surface area contributed by atoms with Crippen molar-refractivity contribution in [2.75, 3.05) is 17.7 Å². The van der Waals surface area contributed by atoms with E-state index < -0.39 is 17.8 Å². The molecule has 0 atom stereocenters. The van der Waals surface area contributed by atoms with Gasteiger partial charge in [0.25, 0.3) is 0 Å². The van der Waals surface area contributed by atoms with E-state index in [1.165, 1.54) is 12.7 Å². The van der Waals surface area contributed by atoms with Crippen LogP contribution in [0.4, 0.5) is 29.3 Å². The lowest BCUT2D eigenvalue weighted by atomic mass is 10.0. The van der Waals surface area contributed by atoms with Crippen molar-refractivity contribution in [1.82, 2.24) is 0 Å². The molecule has 150 valence electrons. The Hall–Kier alpha value is -3.48. The summed E-state index contributed by atoms with van der Waals surface area (Å²) in [4.78, 5) is 12.2. The summed E-state index contributed by atoms with van der Waals surface area (Å²) in [7, 11) is 1.32. The molecule has 0 unspecified atom stereocenters. The van der Waals surface area contributed by atoms with Crippen LogP contribution in [-0.4, -0.2) is 13.1 Å². The van der Waals surface area contributed by atoms with Gasteiger partial charge in [-0.1, -0.05) is 42.5 Å². The van der Waals surface area contributed by atoms with Crippen LogP contribution in [0, 0.1) is 0 Å². The molecule has 0 aliphatic heterocycles. The number of carbonyl (C=O) groups is 1. The van der Waals surface area contributed by atoms with Gasteiger partial charge in [-0.25, -0.2) is 4.79 Å². The van der Waals surface area contributed by atoms with Crippen LogP contribution in [-0.2, 0) is 12.6 Å². The molecular formula is C22H19F3N2O2. The predicted molar refractivity (Wildman–Crippen MR) is 106 cm³/mol.